The molecule has 3 aromatic rings. The van der Waals surface area contributed by atoms with Crippen molar-refractivity contribution < 1.29 is 9.53 Å². The second-order valence-corrected chi connectivity index (χ2v) is 4.44. The Labute approximate surface area is 116 Å². The van der Waals surface area contributed by atoms with Crippen molar-refractivity contribution in [2.24, 2.45) is 0 Å². The average Bonchev–Trinajstić information content (AvgIpc) is 2.94. The minimum Gasteiger partial charge on any atom is -0.444 e. The summed E-state index contributed by atoms with van der Waals surface area (Å²) in [6, 6.07) is 17.2. The minimum absolute atomic E-state index is 0.264. The molecule has 3 rings (SSSR count). The summed E-state index contributed by atoms with van der Waals surface area (Å²) in [5.74, 6) is 0. The summed E-state index contributed by atoms with van der Waals surface area (Å²) in [6.07, 6.45) is 3.39. The molecule has 0 aliphatic heterocycles. The Morgan fingerprint density at radius 2 is 1.90 bits per heavy atom. The lowest BCUT2D eigenvalue weighted by atomic mass is 10.2. The molecule has 4 heteroatoms. The van der Waals surface area contributed by atoms with Crippen LogP contribution in [0.1, 0.15) is 5.56 Å². The predicted octanol–water partition coefficient (Wildman–Crippen LogP) is 3.69. The summed E-state index contributed by atoms with van der Waals surface area (Å²) >= 11 is 0. The van der Waals surface area contributed by atoms with E-state index in [2.05, 4.69) is 5.32 Å². The molecule has 0 saturated carbocycles. The van der Waals surface area contributed by atoms with Crippen LogP contribution < -0.4 is 5.32 Å². The molecular weight excluding hydrogens is 252 g/mol. The lowest BCUT2D eigenvalue weighted by Crippen LogP contribution is -2.13. The first-order chi connectivity index (χ1) is 9.81. The van der Waals surface area contributed by atoms with Crippen LogP contribution in [0.3, 0.4) is 0 Å². The van der Waals surface area contributed by atoms with Crippen LogP contribution in [0.4, 0.5) is 10.5 Å². The summed E-state index contributed by atoms with van der Waals surface area (Å²) < 4.78 is 7.14. The Balaban J connectivity index is 1.61. The smallest absolute Gasteiger partial charge is 0.411 e. The third kappa shape index (κ3) is 2.80. The third-order valence-corrected chi connectivity index (χ3v) is 2.99. The molecule has 0 spiro atoms. The first kappa shape index (κ1) is 12.3. The highest BCUT2D eigenvalue weighted by Gasteiger charge is 2.04. The zero-order valence-corrected chi connectivity index (χ0v) is 10.8. The van der Waals surface area contributed by atoms with Crippen molar-refractivity contribution in [3.63, 3.8) is 0 Å². The van der Waals surface area contributed by atoms with Crippen LogP contribution in [0.25, 0.3) is 5.52 Å². The fourth-order valence-corrected chi connectivity index (χ4v) is 1.99. The quantitative estimate of drug-likeness (QED) is 0.785. The van der Waals surface area contributed by atoms with Gasteiger partial charge in [-0.15, -0.1) is 0 Å². The van der Waals surface area contributed by atoms with Crippen LogP contribution in [-0.4, -0.2) is 10.5 Å². The maximum absolute atomic E-state index is 11.7. The van der Waals surface area contributed by atoms with Gasteiger partial charge in [0, 0.05) is 23.6 Å². The maximum Gasteiger partial charge on any atom is 0.411 e. The molecule has 1 aromatic carbocycles. The van der Waals surface area contributed by atoms with E-state index in [4.69, 9.17) is 4.74 Å². The van der Waals surface area contributed by atoms with Crippen molar-refractivity contribution in [3.05, 3.63) is 72.6 Å². The molecule has 2 aromatic heterocycles. The van der Waals surface area contributed by atoms with Crippen molar-refractivity contribution in [1.29, 1.82) is 0 Å². The van der Waals surface area contributed by atoms with E-state index >= 15 is 0 Å². The Morgan fingerprint density at radius 3 is 2.75 bits per heavy atom. The number of hydrogen-bond donors (Lipinski definition) is 1. The van der Waals surface area contributed by atoms with Crippen LogP contribution in [0.2, 0.25) is 0 Å². The Bertz CT molecular complexity index is 719. The van der Waals surface area contributed by atoms with E-state index in [-0.39, 0.29) is 6.61 Å². The summed E-state index contributed by atoms with van der Waals surface area (Å²) in [7, 11) is 0. The van der Waals surface area contributed by atoms with E-state index < -0.39 is 6.09 Å². The Hall–Kier alpha value is -2.75. The number of amides is 1. The summed E-state index contributed by atoms with van der Waals surface area (Å²) in [5, 5.41) is 2.72. The van der Waals surface area contributed by atoms with Gasteiger partial charge in [0.1, 0.15) is 6.61 Å². The first-order valence-electron chi connectivity index (χ1n) is 6.36. The number of benzene rings is 1. The van der Waals surface area contributed by atoms with Gasteiger partial charge in [-0.2, -0.15) is 0 Å². The van der Waals surface area contributed by atoms with Gasteiger partial charge in [-0.25, -0.2) is 4.79 Å². The number of nitrogens with one attached hydrogen (secondary N) is 1. The number of aromatic nitrogens is 1. The van der Waals surface area contributed by atoms with Gasteiger partial charge in [0.25, 0.3) is 0 Å². The van der Waals surface area contributed by atoms with E-state index in [1.807, 2.05) is 71.4 Å². The number of carbonyl (C=O) groups is 1. The monoisotopic (exact) mass is 266 g/mol. The number of ether oxygens (including phenoxy) is 1. The zero-order chi connectivity index (χ0) is 13.8. The molecule has 0 saturated heterocycles. The molecule has 0 aliphatic rings. The second-order valence-electron chi connectivity index (χ2n) is 4.44. The molecule has 0 bridgehead atoms. The van der Waals surface area contributed by atoms with Gasteiger partial charge in [0.05, 0.1) is 0 Å². The standard InChI is InChI=1S/C16H14N2O2/c19-16(20-12-13-5-2-1-3-6-13)17-14-8-10-18-9-4-7-15(18)11-14/h1-11H,12H2,(H,17,19). The molecule has 0 fully saturated rings. The number of anilines is 1. The zero-order valence-electron chi connectivity index (χ0n) is 10.8. The van der Waals surface area contributed by atoms with Crippen molar-refractivity contribution >= 4 is 17.3 Å². The molecule has 1 amide bonds. The SMILES string of the molecule is O=C(Nc1ccn2cccc2c1)OCc1ccccc1. The van der Waals surface area contributed by atoms with Gasteiger partial charge in [-0.1, -0.05) is 30.3 Å². The highest BCUT2D eigenvalue weighted by molar-refractivity contribution is 5.85. The largest absolute Gasteiger partial charge is 0.444 e. The van der Waals surface area contributed by atoms with Gasteiger partial charge in [0.15, 0.2) is 0 Å². The van der Waals surface area contributed by atoms with Crippen molar-refractivity contribution in [1.82, 2.24) is 4.40 Å². The molecule has 0 aliphatic carbocycles. The molecular formula is C16H14N2O2. The van der Waals surface area contributed by atoms with Gasteiger partial charge in [0.2, 0.25) is 0 Å². The fourth-order valence-electron chi connectivity index (χ4n) is 1.99. The van der Waals surface area contributed by atoms with Gasteiger partial charge in [-0.3, -0.25) is 5.32 Å². The van der Waals surface area contributed by atoms with E-state index in [1.54, 1.807) is 0 Å². The topological polar surface area (TPSA) is 42.7 Å². The lowest BCUT2D eigenvalue weighted by Gasteiger charge is -2.07. The van der Waals surface area contributed by atoms with Crippen LogP contribution in [0.5, 0.6) is 0 Å². The van der Waals surface area contributed by atoms with Gasteiger partial charge >= 0.3 is 6.09 Å². The van der Waals surface area contributed by atoms with Gasteiger partial charge in [-0.05, 0) is 29.8 Å². The Morgan fingerprint density at radius 1 is 1.05 bits per heavy atom. The van der Waals surface area contributed by atoms with E-state index in [0.717, 1.165) is 11.1 Å². The minimum atomic E-state index is -0.454. The van der Waals surface area contributed by atoms with E-state index in [9.17, 15) is 4.79 Å². The van der Waals surface area contributed by atoms with Crippen LogP contribution in [-0.2, 0) is 11.3 Å². The van der Waals surface area contributed by atoms with E-state index in [1.165, 1.54) is 0 Å². The maximum atomic E-state index is 11.7. The van der Waals surface area contributed by atoms with Crippen LogP contribution in [0, 0.1) is 0 Å². The van der Waals surface area contributed by atoms with Gasteiger partial charge < -0.3 is 9.14 Å². The number of carbonyl (C=O) groups excluding carboxylic acids is 1. The number of rotatable bonds is 3. The molecule has 2 heterocycles. The lowest BCUT2D eigenvalue weighted by molar-refractivity contribution is 0.155. The normalized spacial score (nSPS) is 10.4. The van der Waals surface area contributed by atoms with Crippen LogP contribution >= 0.6 is 0 Å². The van der Waals surface area contributed by atoms with Crippen molar-refractivity contribution in [2.75, 3.05) is 5.32 Å². The number of pyridine rings is 1. The number of hydrogen-bond acceptors (Lipinski definition) is 2. The average molecular weight is 266 g/mol. The van der Waals surface area contributed by atoms with Crippen LogP contribution in [0.15, 0.2) is 67.0 Å². The number of nitrogens with zero attached hydrogens (tertiary/aromatic N) is 1. The predicted molar refractivity (Wildman–Crippen MR) is 77.6 cm³/mol. The highest BCUT2D eigenvalue weighted by atomic mass is 16.5. The molecule has 0 unspecified atom stereocenters. The first-order valence-corrected chi connectivity index (χ1v) is 6.36. The molecule has 0 atom stereocenters. The summed E-state index contributed by atoms with van der Waals surface area (Å²) in [5.41, 5.74) is 2.70. The molecule has 0 radical (unpaired) electrons. The Kier molecular flexibility index (Phi) is 3.37. The molecule has 100 valence electrons. The summed E-state index contributed by atoms with van der Waals surface area (Å²) in [4.78, 5) is 11.7. The van der Waals surface area contributed by atoms with Crippen molar-refractivity contribution in [3.8, 4) is 0 Å². The second kappa shape index (κ2) is 5.48. The number of fused-ring (bicyclic) bond motifs is 1. The molecule has 20 heavy (non-hydrogen) atoms. The summed E-state index contributed by atoms with van der Waals surface area (Å²) in [6.45, 7) is 0.264. The van der Waals surface area contributed by atoms with Crippen molar-refractivity contribution in [2.45, 2.75) is 6.61 Å². The fraction of sp³-hybridized carbons (Fsp3) is 0.0625. The highest BCUT2D eigenvalue weighted by Crippen LogP contribution is 2.13. The van der Waals surface area contributed by atoms with E-state index in [0.29, 0.717) is 5.69 Å². The molecule has 4 nitrogen and oxygen atoms in total. The third-order valence-electron chi connectivity index (χ3n) is 2.99. The molecule has 1 N–H and O–H groups in total.